The number of hydroxylamine groups is 2. The standard InChI is InChI=1S/C23H25NO4S/c25-23(17-16-20-10-4-1-5-11-20)29(26,27)28-24(18-21-12-6-2-7-13-21)19-22-14-8-3-9-15-22/h1-15,23,25H,16-19H2. The number of benzene rings is 3. The number of rotatable bonds is 10. The summed E-state index contributed by atoms with van der Waals surface area (Å²) >= 11 is 0. The maximum atomic E-state index is 12.6. The van der Waals surface area contributed by atoms with Crippen molar-refractivity contribution >= 4 is 10.1 Å². The number of hydrogen-bond donors (Lipinski definition) is 1. The van der Waals surface area contributed by atoms with Crippen molar-refractivity contribution in [2.75, 3.05) is 0 Å². The lowest BCUT2D eigenvalue weighted by Gasteiger charge is -2.23. The van der Waals surface area contributed by atoms with Gasteiger partial charge in [-0.05, 0) is 29.5 Å². The summed E-state index contributed by atoms with van der Waals surface area (Å²) in [5, 5.41) is 11.6. The zero-order chi connectivity index (χ0) is 20.5. The molecule has 0 saturated carbocycles. The zero-order valence-electron chi connectivity index (χ0n) is 16.1. The van der Waals surface area contributed by atoms with Crippen LogP contribution < -0.4 is 0 Å². The van der Waals surface area contributed by atoms with E-state index >= 15 is 0 Å². The molecular formula is C23H25NO4S. The summed E-state index contributed by atoms with van der Waals surface area (Å²) < 4.78 is 30.6. The van der Waals surface area contributed by atoms with Crippen LogP contribution in [0.3, 0.4) is 0 Å². The van der Waals surface area contributed by atoms with Gasteiger partial charge in [0.2, 0.25) is 0 Å². The molecule has 0 saturated heterocycles. The van der Waals surface area contributed by atoms with E-state index in [-0.39, 0.29) is 19.5 Å². The van der Waals surface area contributed by atoms with Crippen LogP contribution >= 0.6 is 0 Å². The highest BCUT2D eigenvalue weighted by atomic mass is 32.2. The largest absolute Gasteiger partial charge is 0.375 e. The molecule has 29 heavy (non-hydrogen) atoms. The molecule has 0 fully saturated rings. The summed E-state index contributed by atoms with van der Waals surface area (Å²) in [7, 11) is -4.19. The number of aliphatic hydroxyl groups is 1. The first kappa shape index (κ1) is 21.2. The molecule has 3 aromatic rings. The first-order chi connectivity index (χ1) is 14.0. The van der Waals surface area contributed by atoms with Gasteiger partial charge in [0, 0.05) is 0 Å². The quantitative estimate of drug-likeness (QED) is 0.513. The minimum absolute atomic E-state index is 0.0663. The smallest absolute Gasteiger partial charge is 0.310 e. The fraction of sp³-hybridized carbons (Fsp3) is 0.217. The average Bonchev–Trinajstić information content (AvgIpc) is 2.74. The van der Waals surface area contributed by atoms with Crippen LogP contribution in [0.25, 0.3) is 0 Å². The predicted molar refractivity (Wildman–Crippen MR) is 113 cm³/mol. The van der Waals surface area contributed by atoms with Gasteiger partial charge >= 0.3 is 10.1 Å². The van der Waals surface area contributed by atoms with Gasteiger partial charge in [-0.2, -0.15) is 17.8 Å². The van der Waals surface area contributed by atoms with E-state index in [2.05, 4.69) is 0 Å². The Hall–Kier alpha value is -2.51. The highest BCUT2D eigenvalue weighted by molar-refractivity contribution is 7.87. The third-order valence-electron chi connectivity index (χ3n) is 4.47. The van der Waals surface area contributed by atoms with Gasteiger partial charge in [-0.15, -0.1) is 0 Å². The van der Waals surface area contributed by atoms with Crippen molar-refractivity contribution in [2.45, 2.75) is 31.4 Å². The number of hydrogen-bond acceptors (Lipinski definition) is 5. The normalized spacial score (nSPS) is 12.8. The van der Waals surface area contributed by atoms with Crippen LogP contribution in [0, 0.1) is 0 Å². The summed E-state index contributed by atoms with van der Waals surface area (Å²) in [6.07, 6.45) is 0.513. The Morgan fingerprint density at radius 1 is 0.724 bits per heavy atom. The minimum atomic E-state index is -4.19. The van der Waals surface area contributed by atoms with Gasteiger partial charge in [0.25, 0.3) is 0 Å². The van der Waals surface area contributed by atoms with E-state index in [1.807, 2.05) is 91.0 Å². The Bertz CT molecular complexity index is 922. The van der Waals surface area contributed by atoms with Crippen LogP contribution in [0.4, 0.5) is 0 Å². The van der Waals surface area contributed by atoms with E-state index in [4.69, 9.17) is 4.28 Å². The monoisotopic (exact) mass is 411 g/mol. The van der Waals surface area contributed by atoms with Crippen molar-refractivity contribution < 1.29 is 17.8 Å². The second-order valence-electron chi connectivity index (χ2n) is 6.82. The molecule has 1 N–H and O–H groups in total. The zero-order valence-corrected chi connectivity index (χ0v) is 16.9. The molecule has 0 aliphatic carbocycles. The average molecular weight is 412 g/mol. The summed E-state index contributed by atoms with van der Waals surface area (Å²) in [5.74, 6) is 0. The van der Waals surface area contributed by atoms with Crippen molar-refractivity contribution in [1.82, 2.24) is 5.06 Å². The van der Waals surface area contributed by atoms with Crippen LogP contribution in [0.1, 0.15) is 23.1 Å². The van der Waals surface area contributed by atoms with Crippen molar-refractivity contribution in [3.05, 3.63) is 108 Å². The van der Waals surface area contributed by atoms with Crippen LogP contribution in [0.15, 0.2) is 91.0 Å². The van der Waals surface area contributed by atoms with E-state index in [0.717, 1.165) is 16.7 Å². The van der Waals surface area contributed by atoms with Gasteiger partial charge in [-0.25, -0.2) is 0 Å². The van der Waals surface area contributed by atoms with Gasteiger partial charge in [0.1, 0.15) is 0 Å². The number of aryl methyl sites for hydroxylation is 1. The molecule has 1 unspecified atom stereocenters. The fourth-order valence-corrected chi connectivity index (χ4v) is 3.86. The molecule has 0 aliphatic rings. The lowest BCUT2D eigenvalue weighted by molar-refractivity contribution is -0.0739. The Morgan fingerprint density at radius 2 is 1.14 bits per heavy atom. The molecule has 0 heterocycles. The van der Waals surface area contributed by atoms with Gasteiger partial charge in [0.15, 0.2) is 5.44 Å². The van der Waals surface area contributed by atoms with Crippen molar-refractivity contribution in [3.8, 4) is 0 Å². The molecular weight excluding hydrogens is 386 g/mol. The van der Waals surface area contributed by atoms with Gasteiger partial charge < -0.3 is 5.11 Å². The topological polar surface area (TPSA) is 66.8 Å². The summed E-state index contributed by atoms with van der Waals surface area (Å²) in [4.78, 5) is 0. The summed E-state index contributed by atoms with van der Waals surface area (Å²) in [5.41, 5.74) is 1.19. The Kier molecular flexibility index (Phi) is 7.55. The lowest BCUT2D eigenvalue weighted by Crippen LogP contribution is -2.33. The van der Waals surface area contributed by atoms with Crippen LogP contribution in [0.2, 0.25) is 0 Å². The molecule has 152 valence electrons. The number of aliphatic hydroxyl groups excluding tert-OH is 1. The Morgan fingerprint density at radius 3 is 1.59 bits per heavy atom. The fourth-order valence-electron chi connectivity index (χ4n) is 2.96. The molecule has 0 spiro atoms. The van der Waals surface area contributed by atoms with Crippen molar-refractivity contribution in [3.63, 3.8) is 0 Å². The third kappa shape index (κ3) is 6.80. The first-order valence-corrected chi connectivity index (χ1v) is 11.0. The molecule has 0 radical (unpaired) electrons. The van der Waals surface area contributed by atoms with Gasteiger partial charge in [-0.1, -0.05) is 91.0 Å². The van der Waals surface area contributed by atoms with Gasteiger partial charge in [-0.3, -0.25) is 0 Å². The maximum absolute atomic E-state index is 12.6. The maximum Gasteiger partial charge on any atom is 0.310 e. The molecule has 5 nitrogen and oxygen atoms in total. The van der Waals surface area contributed by atoms with Crippen LogP contribution in [-0.4, -0.2) is 24.0 Å². The summed E-state index contributed by atoms with van der Waals surface area (Å²) in [6.45, 7) is 0.556. The molecule has 0 bridgehead atoms. The highest BCUT2D eigenvalue weighted by Gasteiger charge is 2.27. The first-order valence-electron chi connectivity index (χ1n) is 9.51. The Labute approximate surface area is 172 Å². The van der Waals surface area contributed by atoms with E-state index < -0.39 is 15.6 Å². The van der Waals surface area contributed by atoms with Gasteiger partial charge in [0.05, 0.1) is 13.1 Å². The lowest BCUT2D eigenvalue weighted by atomic mass is 10.1. The van der Waals surface area contributed by atoms with Crippen molar-refractivity contribution in [1.29, 1.82) is 0 Å². The second-order valence-corrected chi connectivity index (χ2v) is 8.49. The Balaban J connectivity index is 1.68. The molecule has 0 aliphatic heterocycles. The van der Waals surface area contributed by atoms with E-state index in [9.17, 15) is 13.5 Å². The molecule has 6 heteroatoms. The second kappa shape index (κ2) is 10.3. The van der Waals surface area contributed by atoms with E-state index in [1.165, 1.54) is 5.06 Å². The van der Waals surface area contributed by atoms with E-state index in [1.54, 1.807) is 0 Å². The van der Waals surface area contributed by atoms with Crippen molar-refractivity contribution in [2.24, 2.45) is 0 Å². The van der Waals surface area contributed by atoms with E-state index in [0.29, 0.717) is 6.42 Å². The molecule has 1 atom stereocenters. The molecule has 0 aromatic heterocycles. The highest BCUT2D eigenvalue weighted by Crippen LogP contribution is 2.17. The predicted octanol–water partition coefficient (Wildman–Crippen LogP) is 3.90. The third-order valence-corrected chi connectivity index (χ3v) is 5.79. The summed E-state index contributed by atoms with van der Waals surface area (Å²) in [6, 6.07) is 28.4. The van der Waals surface area contributed by atoms with Crippen LogP contribution in [0.5, 0.6) is 0 Å². The number of nitrogens with zero attached hydrogens (tertiary/aromatic N) is 1. The molecule has 3 rings (SSSR count). The molecule has 0 amide bonds. The SMILES string of the molecule is O=S(=O)(ON(Cc1ccccc1)Cc1ccccc1)C(O)CCc1ccccc1. The molecule has 3 aromatic carbocycles. The minimum Gasteiger partial charge on any atom is -0.375 e. The van der Waals surface area contributed by atoms with Crippen LogP contribution in [-0.2, 0) is 33.9 Å².